The number of carbonyl (C=O) groups is 2. The van der Waals surface area contributed by atoms with Crippen LogP contribution in [0.15, 0.2) is 42.6 Å². The van der Waals surface area contributed by atoms with Gasteiger partial charge in [0.1, 0.15) is 5.75 Å². The van der Waals surface area contributed by atoms with Gasteiger partial charge in [0, 0.05) is 44.0 Å². The summed E-state index contributed by atoms with van der Waals surface area (Å²) in [6, 6.07) is 12.0. The maximum atomic E-state index is 13.4. The summed E-state index contributed by atoms with van der Waals surface area (Å²) in [4.78, 5) is 29.5. The molecule has 1 aromatic carbocycles. The van der Waals surface area contributed by atoms with E-state index in [-0.39, 0.29) is 18.4 Å². The van der Waals surface area contributed by atoms with Gasteiger partial charge in [-0.1, -0.05) is 19.1 Å². The van der Waals surface area contributed by atoms with Crippen molar-refractivity contribution in [1.29, 1.82) is 0 Å². The van der Waals surface area contributed by atoms with Crippen molar-refractivity contribution in [2.45, 2.75) is 59.2 Å². The van der Waals surface area contributed by atoms with E-state index in [1.165, 1.54) is 0 Å². The lowest BCUT2D eigenvalue weighted by molar-refractivity contribution is -0.144. The van der Waals surface area contributed by atoms with E-state index in [2.05, 4.69) is 10.6 Å². The van der Waals surface area contributed by atoms with Crippen LogP contribution in [0.2, 0.25) is 0 Å². The van der Waals surface area contributed by atoms with E-state index in [0.29, 0.717) is 32.7 Å². The zero-order valence-corrected chi connectivity index (χ0v) is 21.0. The molecule has 2 rings (SSSR count). The molecule has 0 fully saturated rings. The summed E-state index contributed by atoms with van der Waals surface area (Å²) >= 11 is 0. The molecule has 0 unspecified atom stereocenters. The molecule has 0 saturated carbocycles. The topological polar surface area (TPSA) is 64.0 Å². The first-order valence-electron chi connectivity index (χ1n) is 11.5. The van der Waals surface area contributed by atoms with Gasteiger partial charge >= 0.3 is 0 Å². The SMILES string of the molecule is CCCC(=O)N(CCOC)CC(=O)N(Cc1cccn1Cc1cccc(OC)c1)C(C)(C)C. The number of ether oxygens (including phenoxy) is 2. The van der Waals surface area contributed by atoms with E-state index in [1.54, 1.807) is 19.1 Å². The fraction of sp³-hybridized carbons (Fsp3) is 0.538. The minimum atomic E-state index is -0.400. The Morgan fingerprint density at radius 2 is 1.82 bits per heavy atom. The lowest BCUT2D eigenvalue weighted by atomic mass is 10.1. The lowest BCUT2D eigenvalue weighted by Gasteiger charge is -2.37. The fourth-order valence-corrected chi connectivity index (χ4v) is 3.69. The van der Waals surface area contributed by atoms with Gasteiger partial charge in [0.05, 0.1) is 26.8 Å². The van der Waals surface area contributed by atoms with Crippen LogP contribution in [-0.2, 0) is 27.4 Å². The van der Waals surface area contributed by atoms with Gasteiger partial charge in [-0.15, -0.1) is 0 Å². The average molecular weight is 458 g/mol. The second-order valence-electron chi connectivity index (χ2n) is 9.19. The molecule has 0 saturated heterocycles. The third-order valence-electron chi connectivity index (χ3n) is 5.55. The molecule has 0 N–H and O–H groups in total. The van der Waals surface area contributed by atoms with Crippen molar-refractivity contribution < 1.29 is 19.1 Å². The van der Waals surface area contributed by atoms with Crippen molar-refractivity contribution in [1.82, 2.24) is 14.4 Å². The summed E-state index contributed by atoms with van der Waals surface area (Å²) in [5.41, 5.74) is 1.75. The van der Waals surface area contributed by atoms with Crippen molar-refractivity contribution >= 4 is 11.8 Å². The van der Waals surface area contributed by atoms with Gasteiger partial charge in [-0.25, -0.2) is 0 Å². The lowest BCUT2D eigenvalue weighted by Crippen LogP contribution is -2.50. The first-order chi connectivity index (χ1) is 15.7. The summed E-state index contributed by atoms with van der Waals surface area (Å²) in [5, 5.41) is 0. The minimum Gasteiger partial charge on any atom is -0.497 e. The summed E-state index contributed by atoms with van der Waals surface area (Å²) in [5.74, 6) is 0.732. The van der Waals surface area contributed by atoms with E-state index in [9.17, 15) is 9.59 Å². The zero-order valence-electron chi connectivity index (χ0n) is 21.0. The molecule has 2 amide bonds. The monoisotopic (exact) mass is 457 g/mol. The molecule has 7 heteroatoms. The highest BCUT2D eigenvalue weighted by atomic mass is 16.5. The average Bonchev–Trinajstić information content (AvgIpc) is 3.20. The van der Waals surface area contributed by atoms with Crippen molar-refractivity contribution in [3.63, 3.8) is 0 Å². The van der Waals surface area contributed by atoms with Crippen LogP contribution in [0, 0.1) is 0 Å². The number of aromatic nitrogens is 1. The smallest absolute Gasteiger partial charge is 0.242 e. The van der Waals surface area contributed by atoms with E-state index >= 15 is 0 Å². The fourth-order valence-electron chi connectivity index (χ4n) is 3.69. The highest BCUT2D eigenvalue weighted by Gasteiger charge is 2.29. The van der Waals surface area contributed by atoms with E-state index < -0.39 is 5.54 Å². The summed E-state index contributed by atoms with van der Waals surface area (Å²) < 4.78 is 12.6. The van der Waals surface area contributed by atoms with Crippen molar-refractivity contribution in [2.24, 2.45) is 0 Å². The maximum Gasteiger partial charge on any atom is 0.242 e. The van der Waals surface area contributed by atoms with E-state index in [0.717, 1.165) is 23.4 Å². The highest BCUT2D eigenvalue weighted by molar-refractivity contribution is 5.85. The normalized spacial score (nSPS) is 11.3. The van der Waals surface area contributed by atoms with Gasteiger partial charge in [-0.05, 0) is 57.0 Å². The molecular formula is C26H39N3O4. The molecule has 33 heavy (non-hydrogen) atoms. The van der Waals surface area contributed by atoms with Gasteiger partial charge in [-0.2, -0.15) is 0 Å². The Bertz CT molecular complexity index is 901. The van der Waals surface area contributed by atoms with Crippen LogP contribution in [0.5, 0.6) is 5.75 Å². The second kappa shape index (κ2) is 12.4. The molecule has 1 aromatic heterocycles. The largest absolute Gasteiger partial charge is 0.497 e. The van der Waals surface area contributed by atoms with Crippen molar-refractivity contribution in [3.8, 4) is 5.75 Å². The van der Waals surface area contributed by atoms with Crippen LogP contribution in [0.4, 0.5) is 0 Å². The molecule has 0 aliphatic heterocycles. The predicted octanol–water partition coefficient (Wildman–Crippen LogP) is 3.95. The molecule has 0 aliphatic carbocycles. The molecule has 0 spiro atoms. The number of carbonyl (C=O) groups excluding carboxylic acids is 2. The Morgan fingerprint density at radius 1 is 1.06 bits per heavy atom. The molecule has 2 aromatic rings. The van der Waals surface area contributed by atoms with E-state index in [1.807, 2.05) is 69.1 Å². The van der Waals surface area contributed by atoms with Crippen LogP contribution < -0.4 is 4.74 Å². The van der Waals surface area contributed by atoms with E-state index in [4.69, 9.17) is 9.47 Å². The Kier molecular flexibility index (Phi) is 9.97. The number of rotatable bonds is 12. The molecule has 0 radical (unpaired) electrons. The number of nitrogens with zero attached hydrogens (tertiary/aromatic N) is 3. The number of benzene rings is 1. The van der Waals surface area contributed by atoms with Crippen LogP contribution in [-0.4, -0.2) is 65.6 Å². The third kappa shape index (κ3) is 7.93. The third-order valence-corrected chi connectivity index (χ3v) is 5.55. The molecular weight excluding hydrogens is 418 g/mol. The van der Waals surface area contributed by atoms with Gasteiger partial charge in [-0.3, -0.25) is 9.59 Å². The second-order valence-corrected chi connectivity index (χ2v) is 9.19. The van der Waals surface area contributed by atoms with Crippen LogP contribution in [0.25, 0.3) is 0 Å². The molecule has 7 nitrogen and oxygen atoms in total. The van der Waals surface area contributed by atoms with Gasteiger partial charge < -0.3 is 23.8 Å². The summed E-state index contributed by atoms with van der Waals surface area (Å²) in [6.07, 6.45) is 3.20. The zero-order chi connectivity index (χ0) is 24.4. The van der Waals surface area contributed by atoms with Crippen LogP contribution in [0.3, 0.4) is 0 Å². The molecule has 0 aliphatic rings. The number of hydrogen-bond acceptors (Lipinski definition) is 4. The Labute approximate surface area is 198 Å². The quantitative estimate of drug-likeness (QED) is 0.484. The Hall–Kier alpha value is -2.80. The Balaban J connectivity index is 2.20. The number of amides is 2. The van der Waals surface area contributed by atoms with Gasteiger partial charge in [0.15, 0.2) is 0 Å². The molecule has 1 heterocycles. The highest BCUT2D eigenvalue weighted by Crippen LogP contribution is 2.20. The summed E-state index contributed by atoms with van der Waals surface area (Å²) in [7, 11) is 3.26. The molecule has 182 valence electrons. The number of hydrogen-bond donors (Lipinski definition) is 0. The molecule has 0 bridgehead atoms. The summed E-state index contributed by atoms with van der Waals surface area (Å²) in [6.45, 7) is 10.0. The van der Waals surface area contributed by atoms with Crippen molar-refractivity contribution in [2.75, 3.05) is 33.9 Å². The van der Waals surface area contributed by atoms with Gasteiger partial charge in [0.2, 0.25) is 11.8 Å². The van der Waals surface area contributed by atoms with Crippen molar-refractivity contribution in [3.05, 3.63) is 53.9 Å². The van der Waals surface area contributed by atoms with Crippen LogP contribution >= 0.6 is 0 Å². The standard InChI is InChI=1S/C26H39N3O4/c1-7-10-24(30)28(15-16-32-5)20-25(31)29(26(2,3)4)19-22-12-9-14-27(22)18-21-11-8-13-23(17-21)33-6/h8-9,11-14,17H,7,10,15-16,18-20H2,1-6H3. The Morgan fingerprint density at radius 3 is 2.45 bits per heavy atom. The predicted molar refractivity (Wildman–Crippen MR) is 130 cm³/mol. The molecule has 0 atom stereocenters. The first-order valence-corrected chi connectivity index (χ1v) is 11.5. The van der Waals surface area contributed by atoms with Gasteiger partial charge in [0.25, 0.3) is 0 Å². The first kappa shape index (κ1) is 26.5. The maximum absolute atomic E-state index is 13.4. The minimum absolute atomic E-state index is 0.0156. The number of methoxy groups -OCH3 is 2. The van der Waals surface area contributed by atoms with Crippen LogP contribution in [0.1, 0.15) is 51.8 Å².